The van der Waals surface area contributed by atoms with Crippen LogP contribution in [0.15, 0.2) is 0 Å². The van der Waals surface area contributed by atoms with Gasteiger partial charge in [0.05, 0.1) is 12.2 Å². The largest absolute Gasteiger partial charge is 0.379 e. The van der Waals surface area contributed by atoms with Crippen LogP contribution in [0.1, 0.15) is 46.0 Å². The van der Waals surface area contributed by atoms with Crippen molar-refractivity contribution in [3.05, 3.63) is 0 Å². The minimum absolute atomic E-state index is 0.0909. The van der Waals surface area contributed by atoms with Gasteiger partial charge in [0.2, 0.25) is 11.8 Å². The number of nitrogens with one attached hydrogen (secondary N) is 2. The van der Waals surface area contributed by atoms with Gasteiger partial charge in [-0.05, 0) is 33.1 Å². The van der Waals surface area contributed by atoms with Crippen LogP contribution in [0.3, 0.4) is 0 Å². The highest BCUT2D eigenvalue weighted by atomic mass is 16.5. The molecule has 0 unspecified atom stereocenters. The molecular weight excluding hydrogens is 272 g/mol. The molecule has 1 heterocycles. The first-order chi connectivity index (χ1) is 10.1. The van der Waals surface area contributed by atoms with E-state index in [-0.39, 0.29) is 36.9 Å². The number of carbonyl (C=O) groups is 2. The van der Waals surface area contributed by atoms with Gasteiger partial charge in [0.25, 0.3) is 0 Å². The summed E-state index contributed by atoms with van der Waals surface area (Å²) in [5.74, 6) is -0.185. The summed E-state index contributed by atoms with van der Waals surface area (Å²) in [4.78, 5) is 23.1. The van der Waals surface area contributed by atoms with Gasteiger partial charge in [-0.1, -0.05) is 0 Å². The number of rotatable bonds is 10. The van der Waals surface area contributed by atoms with Crippen molar-refractivity contribution in [1.82, 2.24) is 10.6 Å². The molecule has 0 aromatic carbocycles. The van der Waals surface area contributed by atoms with Crippen LogP contribution in [0.2, 0.25) is 0 Å². The summed E-state index contributed by atoms with van der Waals surface area (Å²) in [6, 6.07) is 0. The second-order valence-electron chi connectivity index (χ2n) is 5.56. The zero-order valence-corrected chi connectivity index (χ0v) is 13.2. The van der Waals surface area contributed by atoms with E-state index in [2.05, 4.69) is 10.6 Å². The van der Waals surface area contributed by atoms with Crippen molar-refractivity contribution in [2.45, 2.75) is 58.2 Å². The van der Waals surface area contributed by atoms with Gasteiger partial charge >= 0.3 is 0 Å². The lowest BCUT2D eigenvalue weighted by Crippen LogP contribution is -2.33. The molecule has 1 fully saturated rings. The van der Waals surface area contributed by atoms with Crippen LogP contribution >= 0.6 is 0 Å². The molecule has 2 N–H and O–H groups in total. The maximum Gasteiger partial charge on any atom is 0.220 e. The smallest absolute Gasteiger partial charge is 0.220 e. The van der Waals surface area contributed by atoms with Crippen LogP contribution in [0.4, 0.5) is 0 Å². The van der Waals surface area contributed by atoms with E-state index in [0.717, 1.165) is 25.9 Å². The molecule has 6 heteroatoms. The monoisotopic (exact) mass is 300 g/mol. The van der Waals surface area contributed by atoms with E-state index in [1.165, 1.54) is 0 Å². The molecule has 0 spiro atoms. The lowest BCUT2D eigenvalue weighted by atomic mass is 10.2. The molecule has 0 radical (unpaired) electrons. The van der Waals surface area contributed by atoms with Crippen molar-refractivity contribution in [2.75, 3.05) is 26.3 Å². The summed E-state index contributed by atoms with van der Waals surface area (Å²) in [5, 5.41) is 5.59. The van der Waals surface area contributed by atoms with E-state index in [4.69, 9.17) is 9.47 Å². The minimum atomic E-state index is -0.0937. The van der Waals surface area contributed by atoms with Gasteiger partial charge in [0.15, 0.2) is 0 Å². The number of hydrogen-bond donors (Lipinski definition) is 2. The highest BCUT2D eigenvalue weighted by molar-refractivity contribution is 5.83. The molecule has 122 valence electrons. The van der Waals surface area contributed by atoms with Crippen LogP contribution in [0.5, 0.6) is 0 Å². The van der Waals surface area contributed by atoms with Crippen LogP contribution in [-0.4, -0.2) is 50.3 Å². The lowest BCUT2D eigenvalue weighted by molar-refractivity contribution is -0.126. The minimum Gasteiger partial charge on any atom is -0.379 e. The Balaban J connectivity index is 1.95. The van der Waals surface area contributed by atoms with Crippen molar-refractivity contribution < 1.29 is 19.1 Å². The third-order valence-corrected chi connectivity index (χ3v) is 3.22. The normalized spacial score (nSPS) is 18.0. The highest BCUT2D eigenvalue weighted by Gasteiger charge is 2.16. The summed E-state index contributed by atoms with van der Waals surface area (Å²) in [7, 11) is 0. The second kappa shape index (κ2) is 10.6. The summed E-state index contributed by atoms with van der Waals surface area (Å²) >= 11 is 0. The van der Waals surface area contributed by atoms with Crippen molar-refractivity contribution in [1.29, 1.82) is 0 Å². The van der Waals surface area contributed by atoms with Gasteiger partial charge in [-0.25, -0.2) is 0 Å². The van der Waals surface area contributed by atoms with Crippen molar-refractivity contribution >= 4 is 11.8 Å². The molecule has 0 aliphatic carbocycles. The fourth-order valence-corrected chi connectivity index (χ4v) is 2.06. The maximum absolute atomic E-state index is 11.6. The molecule has 1 aliphatic rings. The van der Waals surface area contributed by atoms with E-state index >= 15 is 0 Å². The van der Waals surface area contributed by atoms with E-state index < -0.39 is 0 Å². The first-order valence-corrected chi connectivity index (χ1v) is 7.84. The van der Waals surface area contributed by atoms with Gasteiger partial charge < -0.3 is 20.1 Å². The fraction of sp³-hybridized carbons (Fsp3) is 0.867. The molecule has 1 atom stereocenters. The Hall–Kier alpha value is -1.14. The Morgan fingerprint density at radius 3 is 2.57 bits per heavy atom. The summed E-state index contributed by atoms with van der Waals surface area (Å²) < 4.78 is 10.8. The van der Waals surface area contributed by atoms with Gasteiger partial charge in [0, 0.05) is 39.1 Å². The Morgan fingerprint density at radius 1 is 1.24 bits per heavy atom. The molecule has 0 aromatic heterocycles. The molecular formula is C15H28N2O4. The van der Waals surface area contributed by atoms with E-state index in [1.807, 2.05) is 13.8 Å². The standard InChI is InChI=1S/C15H28N2O4/c1-12(2)20-10-4-8-16-14(18)6-7-15(19)17-11-13-5-3-9-21-13/h12-13H,3-11H2,1-2H3,(H,16,18)(H,17,19)/t13-/m0/s1. The molecule has 0 saturated carbocycles. The second-order valence-corrected chi connectivity index (χ2v) is 5.56. The number of ether oxygens (including phenoxy) is 2. The average molecular weight is 300 g/mol. The van der Waals surface area contributed by atoms with Gasteiger partial charge in [-0.15, -0.1) is 0 Å². The number of amides is 2. The summed E-state index contributed by atoms with van der Waals surface area (Å²) in [6.45, 7) is 6.51. The van der Waals surface area contributed by atoms with Crippen LogP contribution in [-0.2, 0) is 19.1 Å². The SMILES string of the molecule is CC(C)OCCCNC(=O)CCC(=O)NC[C@@H]1CCCO1. The first-order valence-electron chi connectivity index (χ1n) is 7.84. The van der Waals surface area contributed by atoms with E-state index in [1.54, 1.807) is 0 Å². The third kappa shape index (κ3) is 9.42. The Morgan fingerprint density at radius 2 is 1.95 bits per heavy atom. The van der Waals surface area contributed by atoms with Gasteiger partial charge in [-0.2, -0.15) is 0 Å². The molecule has 0 bridgehead atoms. The molecule has 1 aliphatic heterocycles. The predicted octanol–water partition coefficient (Wildman–Crippen LogP) is 0.993. The van der Waals surface area contributed by atoms with E-state index in [9.17, 15) is 9.59 Å². The molecule has 1 rings (SSSR count). The fourth-order valence-electron chi connectivity index (χ4n) is 2.06. The van der Waals surface area contributed by atoms with Crippen molar-refractivity contribution in [3.8, 4) is 0 Å². The highest BCUT2D eigenvalue weighted by Crippen LogP contribution is 2.10. The molecule has 2 amide bonds. The van der Waals surface area contributed by atoms with Crippen LogP contribution in [0, 0.1) is 0 Å². The van der Waals surface area contributed by atoms with Gasteiger partial charge in [-0.3, -0.25) is 9.59 Å². The zero-order chi connectivity index (χ0) is 15.5. The Bertz CT molecular complexity index is 315. The quantitative estimate of drug-likeness (QED) is 0.590. The zero-order valence-electron chi connectivity index (χ0n) is 13.2. The Labute approximate surface area is 126 Å². The maximum atomic E-state index is 11.6. The summed E-state index contributed by atoms with van der Waals surface area (Å²) in [6.07, 6.45) is 3.65. The molecule has 21 heavy (non-hydrogen) atoms. The Kier molecular flexibility index (Phi) is 9.01. The number of hydrogen-bond acceptors (Lipinski definition) is 4. The molecule has 1 saturated heterocycles. The third-order valence-electron chi connectivity index (χ3n) is 3.22. The van der Waals surface area contributed by atoms with Crippen molar-refractivity contribution in [2.24, 2.45) is 0 Å². The topological polar surface area (TPSA) is 76.7 Å². The first kappa shape index (κ1) is 17.9. The lowest BCUT2D eigenvalue weighted by Gasteiger charge is -2.11. The van der Waals surface area contributed by atoms with Crippen molar-refractivity contribution in [3.63, 3.8) is 0 Å². The molecule has 0 aromatic rings. The van der Waals surface area contributed by atoms with Crippen LogP contribution in [0.25, 0.3) is 0 Å². The average Bonchev–Trinajstić information content (AvgIpc) is 2.95. The predicted molar refractivity (Wildman–Crippen MR) is 79.9 cm³/mol. The van der Waals surface area contributed by atoms with Gasteiger partial charge in [0.1, 0.15) is 0 Å². The number of carbonyl (C=O) groups excluding carboxylic acids is 2. The molecule has 6 nitrogen and oxygen atoms in total. The van der Waals surface area contributed by atoms with E-state index in [0.29, 0.717) is 19.7 Å². The van der Waals surface area contributed by atoms with Crippen LogP contribution < -0.4 is 10.6 Å². The summed E-state index contributed by atoms with van der Waals surface area (Å²) in [5.41, 5.74) is 0.